The first-order chi connectivity index (χ1) is 16.1. The summed E-state index contributed by atoms with van der Waals surface area (Å²) in [5, 5.41) is 3.24. The maximum Gasteiger partial charge on any atom is 0.251 e. The first-order valence-electron chi connectivity index (χ1n) is 11.8. The number of amides is 2. The van der Waals surface area contributed by atoms with Gasteiger partial charge in [-0.05, 0) is 56.2 Å². The second-order valence-corrected chi connectivity index (χ2v) is 8.64. The molecule has 0 radical (unpaired) electrons. The van der Waals surface area contributed by atoms with Gasteiger partial charge < -0.3 is 14.8 Å². The Balaban J connectivity index is 1.67. The molecule has 1 saturated heterocycles. The molecule has 1 saturated carbocycles. The highest BCUT2D eigenvalue weighted by Gasteiger charge is 2.56. The Morgan fingerprint density at radius 1 is 1.12 bits per heavy atom. The van der Waals surface area contributed by atoms with Crippen molar-refractivity contribution in [3.05, 3.63) is 60.2 Å². The van der Waals surface area contributed by atoms with Crippen LogP contribution >= 0.6 is 0 Å². The maximum absolute atomic E-state index is 13.7. The zero-order valence-electron chi connectivity index (χ0n) is 19.4. The summed E-state index contributed by atoms with van der Waals surface area (Å²) in [5.74, 6) is 1.24. The summed E-state index contributed by atoms with van der Waals surface area (Å²) >= 11 is 0. The molecular formula is C27H32N2O4. The van der Waals surface area contributed by atoms with Gasteiger partial charge in [-0.1, -0.05) is 43.5 Å². The average Bonchev–Trinajstić information content (AvgIpc) is 2.83. The molecule has 0 bridgehead atoms. The largest absolute Gasteiger partial charge is 0.496 e. The number of para-hydroxylation sites is 1. The lowest BCUT2D eigenvalue weighted by molar-refractivity contribution is -0.137. The number of nitrogens with zero attached hydrogens (tertiary/aromatic N) is 1. The number of rotatable bonds is 8. The van der Waals surface area contributed by atoms with Crippen LogP contribution < -0.4 is 19.7 Å². The lowest BCUT2D eigenvalue weighted by atomic mass is 9.80. The predicted molar refractivity (Wildman–Crippen MR) is 129 cm³/mol. The van der Waals surface area contributed by atoms with Gasteiger partial charge in [0.1, 0.15) is 11.5 Å². The Morgan fingerprint density at radius 3 is 2.52 bits per heavy atom. The van der Waals surface area contributed by atoms with Crippen LogP contribution in [0.2, 0.25) is 0 Å². The molecule has 2 fully saturated rings. The zero-order valence-corrected chi connectivity index (χ0v) is 19.4. The third kappa shape index (κ3) is 4.75. The van der Waals surface area contributed by atoms with E-state index in [9.17, 15) is 9.59 Å². The molecule has 4 rings (SSSR count). The number of carbonyl (C=O) groups is 2. The highest BCUT2D eigenvalue weighted by molar-refractivity contribution is 6.15. The monoisotopic (exact) mass is 448 g/mol. The number of nitrogens with one attached hydrogen (secondary N) is 1. The van der Waals surface area contributed by atoms with E-state index in [1.165, 1.54) is 6.42 Å². The van der Waals surface area contributed by atoms with Crippen molar-refractivity contribution >= 4 is 23.6 Å². The highest BCUT2D eigenvalue weighted by Crippen LogP contribution is 2.40. The average molecular weight is 449 g/mol. The second-order valence-electron chi connectivity index (χ2n) is 8.64. The van der Waals surface area contributed by atoms with E-state index < -0.39 is 5.54 Å². The van der Waals surface area contributed by atoms with Crippen LogP contribution in [0, 0.1) is 0 Å². The van der Waals surface area contributed by atoms with Crippen molar-refractivity contribution in [3.8, 4) is 11.5 Å². The van der Waals surface area contributed by atoms with Crippen LogP contribution in [0.3, 0.4) is 0 Å². The molecule has 1 aliphatic carbocycles. The number of methoxy groups -OCH3 is 1. The van der Waals surface area contributed by atoms with E-state index in [2.05, 4.69) is 5.32 Å². The molecule has 174 valence electrons. The van der Waals surface area contributed by atoms with Crippen LogP contribution in [0.5, 0.6) is 11.5 Å². The molecule has 0 aromatic heterocycles. The van der Waals surface area contributed by atoms with Gasteiger partial charge in [0.15, 0.2) is 5.54 Å². The summed E-state index contributed by atoms with van der Waals surface area (Å²) in [4.78, 5) is 28.1. The topological polar surface area (TPSA) is 67.9 Å². The quantitative estimate of drug-likeness (QED) is 0.593. The molecule has 6 nitrogen and oxygen atoms in total. The van der Waals surface area contributed by atoms with Crippen molar-refractivity contribution in [3.63, 3.8) is 0 Å². The summed E-state index contributed by atoms with van der Waals surface area (Å²) in [6.07, 6.45) is 9.28. The minimum atomic E-state index is -1.08. The molecule has 1 aliphatic heterocycles. The van der Waals surface area contributed by atoms with Crippen LogP contribution in [-0.2, 0) is 9.59 Å². The van der Waals surface area contributed by atoms with Crippen molar-refractivity contribution in [2.45, 2.75) is 57.0 Å². The Bertz CT molecular complexity index is 1010. The van der Waals surface area contributed by atoms with E-state index in [1.54, 1.807) is 12.0 Å². The maximum atomic E-state index is 13.7. The van der Waals surface area contributed by atoms with E-state index >= 15 is 0 Å². The highest BCUT2D eigenvalue weighted by atomic mass is 16.5. The minimum Gasteiger partial charge on any atom is -0.496 e. The van der Waals surface area contributed by atoms with Crippen molar-refractivity contribution in [2.24, 2.45) is 0 Å². The predicted octanol–water partition coefficient (Wildman–Crippen LogP) is 4.73. The number of hydrogen-bond donors (Lipinski definition) is 1. The third-order valence-corrected chi connectivity index (χ3v) is 6.49. The van der Waals surface area contributed by atoms with Crippen molar-refractivity contribution in [1.82, 2.24) is 5.32 Å². The van der Waals surface area contributed by atoms with Crippen LogP contribution in [0.25, 0.3) is 6.08 Å². The van der Waals surface area contributed by atoms with E-state index in [1.807, 2.05) is 67.6 Å². The Kier molecular flexibility index (Phi) is 7.02. The molecule has 0 spiro atoms. The minimum absolute atomic E-state index is 0.0809. The van der Waals surface area contributed by atoms with Gasteiger partial charge in [0, 0.05) is 17.3 Å². The molecule has 1 atom stereocenters. The molecule has 1 N–H and O–H groups in total. The number of hydrogen-bond acceptors (Lipinski definition) is 4. The number of carbonyl (C=O) groups excluding carboxylic acids is 2. The molecule has 2 aromatic rings. The number of anilines is 1. The first-order valence-corrected chi connectivity index (χ1v) is 11.8. The first kappa shape index (κ1) is 22.9. The van der Waals surface area contributed by atoms with E-state index in [0.717, 1.165) is 42.7 Å². The fourth-order valence-corrected chi connectivity index (χ4v) is 4.73. The number of benzene rings is 2. The van der Waals surface area contributed by atoms with Crippen LogP contribution in [0.4, 0.5) is 5.69 Å². The molecule has 2 amide bonds. The fraction of sp³-hybridized carbons (Fsp3) is 0.407. The van der Waals surface area contributed by atoms with Crippen molar-refractivity contribution in [2.75, 3.05) is 18.6 Å². The third-order valence-electron chi connectivity index (χ3n) is 6.49. The molecule has 2 aromatic carbocycles. The van der Waals surface area contributed by atoms with Gasteiger partial charge in [-0.25, -0.2) is 0 Å². The van der Waals surface area contributed by atoms with Crippen molar-refractivity contribution < 1.29 is 19.1 Å². The molecule has 6 heteroatoms. The molecule has 1 heterocycles. The molecular weight excluding hydrogens is 416 g/mol. The van der Waals surface area contributed by atoms with Gasteiger partial charge in [-0.15, -0.1) is 0 Å². The van der Waals surface area contributed by atoms with Crippen molar-refractivity contribution in [1.29, 1.82) is 0 Å². The van der Waals surface area contributed by atoms with E-state index in [4.69, 9.17) is 9.47 Å². The SMILES string of the molecule is CCOc1ccc(N2C(=O)CC2(C=Cc2ccccc2OC)C(=O)NC2CCCCC2)cc1. The summed E-state index contributed by atoms with van der Waals surface area (Å²) in [6.45, 7) is 2.49. The van der Waals surface area contributed by atoms with Gasteiger partial charge in [-0.3, -0.25) is 14.5 Å². The lowest BCUT2D eigenvalue weighted by Gasteiger charge is -2.49. The fourth-order valence-electron chi connectivity index (χ4n) is 4.73. The summed E-state index contributed by atoms with van der Waals surface area (Å²) in [6, 6.07) is 15.1. The summed E-state index contributed by atoms with van der Waals surface area (Å²) in [7, 11) is 1.62. The number of ether oxygens (including phenoxy) is 2. The van der Waals surface area contributed by atoms with Crippen LogP contribution in [0.1, 0.15) is 51.0 Å². The Labute approximate surface area is 195 Å². The molecule has 1 unspecified atom stereocenters. The molecule has 33 heavy (non-hydrogen) atoms. The van der Waals surface area contributed by atoms with Crippen LogP contribution in [-0.4, -0.2) is 37.1 Å². The smallest absolute Gasteiger partial charge is 0.251 e. The zero-order chi connectivity index (χ0) is 23.3. The Morgan fingerprint density at radius 2 is 1.85 bits per heavy atom. The number of β-lactam (4-membered cyclic amide) rings is 1. The van der Waals surface area contributed by atoms with E-state index in [-0.39, 0.29) is 24.3 Å². The van der Waals surface area contributed by atoms with Gasteiger partial charge >= 0.3 is 0 Å². The standard InChI is InChI=1S/C27H32N2O4/c1-3-33-23-15-13-22(14-16-23)29-25(30)19-27(29,26(31)28-21-10-5-4-6-11-21)18-17-20-9-7-8-12-24(20)32-2/h7-9,12-18,21H,3-6,10-11,19H2,1-2H3,(H,28,31). The Hall–Kier alpha value is -3.28. The lowest BCUT2D eigenvalue weighted by Crippen LogP contribution is -2.70. The van der Waals surface area contributed by atoms with Gasteiger partial charge in [0.05, 0.1) is 20.1 Å². The van der Waals surface area contributed by atoms with Gasteiger partial charge in [-0.2, -0.15) is 0 Å². The van der Waals surface area contributed by atoms with Crippen LogP contribution in [0.15, 0.2) is 54.6 Å². The van der Waals surface area contributed by atoms with Gasteiger partial charge in [0.25, 0.3) is 5.91 Å². The van der Waals surface area contributed by atoms with Gasteiger partial charge in [0.2, 0.25) is 5.91 Å². The van der Waals surface area contributed by atoms with E-state index in [0.29, 0.717) is 12.3 Å². The molecule has 2 aliphatic rings. The summed E-state index contributed by atoms with van der Waals surface area (Å²) < 4.78 is 11.0. The normalized spacial score (nSPS) is 21.0. The summed E-state index contributed by atoms with van der Waals surface area (Å²) in [5.41, 5.74) is 0.455. The second kappa shape index (κ2) is 10.1.